The number of alkyl halides is 1. The predicted octanol–water partition coefficient (Wildman–Crippen LogP) is 4.19. The summed E-state index contributed by atoms with van der Waals surface area (Å²) in [4.78, 5) is 12.1. The minimum Gasteiger partial charge on any atom is -0.346 e. The fraction of sp³-hybridized carbons (Fsp3) is 0.188. The number of nitrogens with one attached hydrogen (secondary N) is 1. The molecule has 0 bridgehead atoms. The molecule has 110 valence electrons. The second kappa shape index (κ2) is 6.68. The van der Waals surface area contributed by atoms with Gasteiger partial charge in [0.15, 0.2) is 11.6 Å². The maximum absolute atomic E-state index is 13.2. The Labute approximate surface area is 126 Å². The summed E-state index contributed by atoms with van der Waals surface area (Å²) in [6.07, 6.45) is 0. The van der Waals surface area contributed by atoms with Crippen LogP contribution in [0.1, 0.15) is 34.5 Å². The van der Waals surface area contributed by atoms with Crippen LogP contribution in [-0.4, -0.2) is 5.91 Å². The topological polar surface area (TPSA) is 29.1 Å². The molecular weight excluding hydrogens is 296 g/mol. The lowest BCUT2D eigenvalue weighted by atomic mass is 10.1. The molecule has 1 atom stereocenters. The van der Waals surface area contributed by atoms with E-state index in [2.05, 4.69) is 5.32 Å². The predicted molar refractivity (Wildman–Crippen MR) is 78.2 cm³/mol. The number of halogens is 3. The largest absolute Gasteiger partial charge is 0.346 e. The third-order valence-corrected chi connectivity index (χ3v) is 3.47. The standard InChI is InChI=1S/C16H14ClF2NO/c1-10(13-6-7-14(18)15(19)8-13)20-16(21)12-4-2-11(9-17)3-5-12/h2-8,10H,9H2,1H3,(H,20,21). The average Bonchev–Trinajstić information content (AvgIpc) is 2.50. The summed E-state index contributed by atoms with van der Waals surface area (Å²) in [6, 6.07) is 10.0. The van der Waals surface area contributed by atoms with Gasteiger partial charge < -0.3 is 5.32 Å². The number of carbonyl (C=O) groups excluding carboxylic acids is 1. The van der Waals surface area contributed by atoms with Gasteiger partial charge in [0.05, 0.1) is 6.04 Å². The van der Waals surface area contributed by atoms with Gasteiger partial charge in [-0.1, -0.05) is 18.2 Å². The van der Waals surface area contributed by atoms with E-state index in [0.717, 1.165) is 17.7 Å². The van der Waals surface area contributed by atoms with Gasteiger partial charge in [0.25, 0.3) is 5.91 Å². The number of carbonyl (C=O) groups is 1. The molecule has 1 unspecified atom stereocenters. The second-order valence-electron chi connectivity index (χ2n) is 4.70. The smallest absolute Gasteiger partial charge is 0.251 e. The fourth-order valence-corrected chi connectivity index (χ4v) is 2.07. The van der Waals surface area contributed by atoms with Gasteiger partial charge in [0.2, 0.25) is 0 Å². The zero-order valence-corrected chi connectivity index (χ0v) is 12.1. The van der Waals surface area contributed by atoms with Crippen molar-refractivity contribution in [2.45, 2.75) is 18.8 Å². The van der Waals surface area contributed by atoms with Crippen molar-refractivity contribution in [3.63, 3.8) is 0 Å². The lowest BCUT2D eigenvalue weighted by Gasteiger charge is -2.14. The van der Waals surface area contributed by atoms with E-state index >= 15 is 0 Å². The molecule has 1 N–H and O–H groups in total. The zero-order valence-electron chi connectivity index (χ0n) is 11.4. The number of hydrogen-bond acceptors (Lipinski definition) is 1. The molecule has 0 radical (unpaired) electrons. The number of amides is 1. The summed E-state index contributed by atoms with van der Waals surface area (Å²) in [7, 11) is 0. The van der Waals surface area contributed by atoms with Crippen molar-refractivity contribution in [2.75, 3.05) is 0 Å². The minimum atomic E-state index is -0.930. The monoisotopic (exact) mass is 309 g/mol. The zero-order chi connectivity index (χ0) is 15.4. The Kier molecular flexibility index (Phi) is 4.91. The molecule has 0 aliphatic heterocycles. The molecule has 2 aromatic rings. The number of benzene rings is 2. The highest BCUT2D eigenvalue weighted by Crippen LogP contribution is 2.17. The van der Waals surface area contributed by atoms with Crippen LogP contribution in [0.5, 0.6) is 0 Å². The average molecular weight is 310 g/mol. The Hall–Kier alpha value is -1.94. The van der Waals surface area contributed by atoms with Crippen LogP contribution >= 0.6 is 11.6 Å². The molecule has 0 aromatic heterocycles. The van der Waals surface area contributed by atoms with Gasteiger partial charge in [-0.15, -0.1) is 11.6 Å². The van der Waals surface area contributed by atoms with Crippen molar-refractivity contribution < 1.29 is 13.6 Å². The van der Waals surface area contributed by atoms with Gasteiger partial charge in [0, 0.05) is 11.4 Å². The highest BCUT2D eigenvalue weighted by atomic mass is 35.5. The molecule has 5 heteroatoms. The van der Waals surface area contributed by atoms with E-state index in [-0.39, 0.29) is 5.91 Å². The first-order valence-electron chi connectivity index (χ1n) is 6.42. The Balaban J connectivity index is 2.08. The van der Waals surface area contributed by atoms with Crippen LogP contribution < -0.4 is 5.32 Å². The highest BCUT2D eigenvalue weighted by Gasteiger charge is 2.13. The third kappa shape index (κ3) is 3.79. The molecule has 2 aromatic carbocycles. The lowest BCUT2D eigenvalue weighted by molar-refractivity contribution is 0.0940. The fourth-order valence-electron chi connectivity index (χ4n) is 1.89. The van der Waals surface area contributed by atoms with Gasteiger partial charge >= 0.3 is 0 Å². The molecule has 2 rings (SSSR count). The summed E-state index contributed by atoms with van der Waals surface area (Å²) >= 11 is 5.68. The Morgan fingerprint density at radius 2 is 1.81 bits per heavy atom. The molecule has 1 amide bonds. The van der Waals surface area contributed by atoms with Crippen molar-refractivity contribution in [3.05, 3.63) is 70.8 Å². The van der Waals surface area contributed by atoms with E-state index in [1.165, 1.54) is 6.07 Å². The molecule has 0 heterocycles. The van der Waals surface area contributed by atoms with E-state index in [0.29, 0.717) is 17.0 Å². The van der Waals surface area contributed by atoms with Crippen LogP contribution in [0.2, 0.25) is 0 Å². The molecule has 0 spiro atoms. The van der Waals surface area contributed by atoms with Crippen molar-refractivity contribution in [1.29, 1.82) is 0 Å². The quantitative estimate of drug-likeness (QED) is 0.843. The van der Waals surface area contributed by atoms with E-state index in [4.69, 9.17) is 11.6 Å². The Morgan fingerprint density at radius 3 is 2.38 bits per heavy atom. The first-order chi connectivity index (χ1) is 10.0. The van der Waals surface area contributed by atoms with E-state index < -0.39 is 17.7 Å². The van der Waals surface area contributed by atoms with Gasteiger partial charge in [0.1, 0.15) is 0 Å². The maximum atomic E-state index is 13.2. The van der Waals surface area contributed by atoms with Crippen molar-refractivity contribution in [3.8, 4) is 0 Å². The molecule has 0 saturated heterocycles. The van der Waals surface area contributed by atoms with Gasteiger partial charge in [-0.25, -0.2) is 8.78 Å². The van der Waals surface area contributed by atoms with Crippen molar-refractivity contribution >= 4 is 17.5 Å². The van der Waals surface area contributed by atoms with E-state index in [1.807, 2.05) is 0 Å². The molecule has 2 nitrogen and oxygen atoms in total. The molecule has 0 fully saturated rings. The SMILES string of the molecule is CC(NC(=O)c1ccc(CCl)cc1)c1ccc(F)c(F)c1. The third-order valence-electron chi connectivity index (χ3n) is 3.16. The second-order valence-corrected chi connectivity index (χ2v) is 4.97. The van der Waals surface area contributed by atoms with Crippen LogP contribution in [0.4, 0.5) is 8.78 Å². The summed E-state index contributed by atoms with van der Waals surface area (Å²) in [6.45, 7) is 1.71. The molecule has 0 aliphatic rings. The van der Waals surface area contributed by atoms with Crippen LogP contribution in [-0.2, 0) is 5.88 Å². The highest BCUT2D eigenvalue weighted by molar-refractivity contribution is 6.17. The van der Waals surface area contributed by atoms with Crippen LogP contribution in [0.3, 0.4) is 0 Å². The number of hydrogen-bond donors (Lipinski definition) is 1. The lowest BCUT2D eigenvalue weighted by Crippen LogP contribution is -2.26. The molecular formula is C16H14ClF2NO. The minimum absolute atomic E-state index is 0.284. The first kappa shape index (κ1) is 15.4. The van der Waals surface area contributed by atoms with Crippen LogP contribution in [0.15, 0.2) is 42.5 Å². The summed E-state index contributed by atoms with van der Waals surface area (Å²) in [5.74, 6) is -1.74. The van der Waals surface area contributed by atoms with E-state index in [9.17, 15) is 13.6 Å². The normalized spacial score (nSPS) is 12.0. The number of rotatable bonds is 4. The maximum Gasteiger partial charge on any atom is 0.251 e. The summed E-state index contributed by atoms with van der Waals surface area (Å²) < 4.78 is 26.1. The Morgan fingerprint density at radius 1 is 1.14 bits per heavy atom. The van der Waals surface area contributed by atoms with Gasteiger partial charge in [-0.3, -0.25) is 4.79 Å². The van der Waals surface area contributed by atoms with Crippen molar-refractivity contribution in [1.82, 2.24) is 5.32 Å². The van der Waals surface area contributed by atoms with Crippen LogP contribution in [0, 0.1) is 11.6 Å². The molecule has 21 heavy (non-hydrogen) atoms. The summed E-state index contributed by atoms with van der Waals surface area (Å²) in [5, 5.41) is 2.74. The van der Waals surface area contributed by atoms with Crippen LogP contribution in [0.25, 0.3) is 0 Å². The molecule has 0 saturated carbocycles. The Bertz CT molecular complexity index is 643. The van der Waals surface area contributed by atoms with Crippen molar-refractivity contribution in [2.24, 2.45) is 0 Å². The van der Waals surface area contributed by atoms with E-state index in [1.54, 1.807) is 31.2 Å². The van der Waals surface area contributed by atoms with Gasteiger partial charge in [-0.2, -0.15) is 0 Å². The summed E-state index contributed by atoms with van der Waals surface area (Å²) in [5.41, 5.74) is 1.90. The first-order valence-corrected chi connectivity index (χ1v) is 6.95. The molecule has 0 aliphatic carbocycles. The van der Waals surface area contributed by atoms with Gasteiger partial charge in [-0.05, 0) is 42.3 Å².